The maximum atomic E-state index is 10.9. The highest BCUT2D eigenvalue weighted by Crippen LogP contribution is 2.31. The molecule has 0 radical (unpaired) electrons. The molecular weight excluding hydrogens is 202 g/mol. The molecule has 1 N–H and O–H groups in total. The van der Waals surface area contributed by atoms with Gasteiger partial charge in [0.25, 0.3) is 0 Å². The summed E-state index contributed by atoms with van der Waals surface area (Å²) in [4.78, 5) is 13.1. The van der Waals surface area contributed by atoms with Crippen LogP contribution in [-0.2, 0) is 4.79 Å². The molecule has 0 bridgehead atoms. The Labute approximate surface area is 98.8 Å². The van der Waals surface area contributed by atoms with Gasteiger partial charge in [-0.1, -0.05) is 26.2 Å². The molecule has 0 aromatic carbocycles. The summed E-state index contributed by atoms with van der Waals surface area (Å²) < 4.78 is 0. The molecule has 16 heavy (non-hydrogen) atoms. The molecule has 1 saturated carbocycles. The van der Waals surface area contributed by atoms with Crippen molar-refractivity contribution in [2.75, 3.05) is 6.54 Å². The normalized spacial score (nSPS) is 26.3. The van der Waals surface area contributed by atoms with E-state index >= 15 is 0 Å². The van der Waals surface area contributed by atoms with Gasteiger partial charge in [-0.3, -0.25) is 9.69 Å². The second-order valence-electron chi connectivity index (χ2n) is 5.18. The van der Waals surface area contributed by atoms with Crippen LogP contribution in [0.4, 0.5) is 0 Å². The molecule has 0 aromatic rings. The predicted octanol–water partition coefficient (Wildman–Crippen LogP) is 2.75. The van der Waals surface area contributed by atoms with Gasteiger partial charge >= 0.3 is 5.97 Å². The smallest absolute Gasteiger partial charge is 0.317 e. The number of carboxylic acid groups (broad SMARTS) is 1. The van der Waals surface area contributed by atoms with Gasteiger partial charge in [-0.05, 0) is 32.6 Å². The molecule has 0 amide bonds. The van der Waals surface area contributed by atoms with E-state index in [1.807, 2.05) is 0 Å². The van der Waals surface area contributed by atoms with Crippen LogP contribution in [0.15, 0.2) is 0 Å². The third-order valence-electron chi connectivity index (χ3n) is 3.80. The summed E-state index contributed by atoms with van der Waals surface area (Å²) in [5.74, 6) is -0.00961. The van der Waals surface area contributed by atoms with Crippen LogP contribution < -0.4 is 0 Å². The second kappa shape index (κ2) is 6.24. The van der Waals surface area contributed by atoms with E-state index in [1.165, 1.54) is 32.1 Å². The van der Waals surface area contributed by atoms with Gasteiger partial charge in [0.1, 0.15) is 0 Å². The Hall–Kier alpha value is -0.570. The van der Waals surface area contributed by atoms with E-state index in [-0.39, 0.29) is 6.54 Å². The zero-order valence-electron chi connectivity index (χ0n) is 10.8. The molecule has 1 aliphatic carbocycles. The van der Waals surface area contributed by atoms with Crippen molar-refractivity contribution in [1.29, 1.82) is 0 Å². The average Bonchev–Trinajstić information content (AvgIpc) is 2.25. The van der Waals surface area contributed by atoms with Crippen molar-refractivity contribution in [2.24, 2.45) is 5.92 Å². The fourth-order valence-electron chi connectivity index (χ4n) is 2.94. The minimum absolute atomic E-state index is 0.193. The SMILES string of the molecule is CCC1CCCCC1N(CC(=O)O)C(C)C. The van der Waals surface area contributed by atoms with Crippen LogP contribution in [0.25, 0.3) is 0 Å². The summed E-state index contributed by atoms with van der Waals surface area (Å²) in [5.41, 5.74) is 0. The summed E-state index contributed by atoms with van der Waals surface area (Å²) in [7, 11) is 0. The van der Waals surface area contributed by atoms with Gasteiger partial charge in [0, 0.05) is 12.1 Å². The maximum absolute atomic E-state index is 10.9. The van der Waals surface area contributed by atoms with Crippen LogP contribution in [0, 0.1) is 5.92 Å². The first-order chi connectivity index (χ1) is 7.56. The van der Waals surface area contributed by atoms with E-state index in [9.17, 15) is 4.79 Å². The Morgan fingerprint density at radius 1 is 1.38 bits per heavy atom. The van der Waals surface area contributed by atoms with E-state index in [0.717, 1.165) is 0 Å². The fraction of sp³-hybridized carbons (Fsp3) is 0.923. The van der Waals surface area contributed by atoms with Crippen molar-refractivity contribution in [1.82, 2.24) is 4.90 Å². The molecule has 2 unspecified atom stereocenters. The molecular formula is C13H25NO2. The Bertz CT molecular complexity index is 228. The lowest BCUT2D eigenvalue weighted by atomic mass is 9.81. The van der Waals surface area contributed by atoms with Gasteiger partial charge in [0.05, 0.1) is 6.54 Å². The van der Waals surface area contributed by atoms with Crippen molar-refractivity contribution in [2.45, 2.75) is 65.0 Å². The topological polar surface area (TPSA) is 40.5 Å². The number of rotatable bonds is 5. The van der Waals surface area contributed by atoms with E-state index in [0.29, 0.717) is 18.0 Å². The summed E-state index contributed by atoms with van der Waals surface area (Å²) in [6.45, 7) is 6.62. The number of hydrogen-bond donors (Lipinski definition) is 1. The molecule has 94 valence electrons. The third kappa shape index (κ3) is 3.48. The van der Waals surface area contributed by atoms with Gasteiger partial charge in [-0.25, -0.2) is 0 Å². The minimum atomic E-state index is -0.700. The first kappa shape index (κ1) is 13.5. The Balaban J connectivity index is 2.70. The number of carboxylic acids is 1. The number of hydrogen-bond acceptors (Lipinski definition) is 2. The zero-order chi connectivity index (χ0) is 12.1. The van der Waals surface area contributed by atoms with E-state index in [2.05, 4.69) is 25.7 Å². The highest BCUT2D eigenvalue weighted by atomic mass is 16.4. The van der Waals surface area contributed by atoms with Crippen LogP contribution in [0.2, 0.25) is 0 Å². The molecule has 0 heterocycles. The first-order valence-electron chi connectivity index (χ1n) is 6.53. The molecule has 1 fully saturated rings. The van der Waals surface area contributed by atoms with Crippen molar-refractivity contribution in [3.05, 3.63) is 0 Å². The molecule has 0 aromatic heterocycles. The highest BCUT2D eigenvalue weighted by molar-refractivity contribution is 5.69. The molecule has 3 nitrogen and oxygen atoms in total. The summed E-state index contributed by atoms with van der Waals surface area (Å²) in [6, 6.07) is 0.808. The molecule has 1 rings (SSSR count). The van der Waals surface area contributed by atoms with Crippen LogP contribution in [0.1, 0.15) is 52.9 Å². The van der Waals surface area contributed by atoms with Crippen molar-refractivity contribution >= 4 is 5.97 Å². The molecule has 3 heteroatoms. The summed E-state index contributed by atoms with van der Waals surface area (Å²) >= 11 is 0. The van der Waals surface area contributed by atoms with Crippen molar-refractivity contribution in [3.63, 3.8) is 0 Å². The monoisotopic (exact) mass is 227 g/mol. The maximum Gasteiger partial charge on any atom is 0.317 e. The predicted molar refractivity (Wildman–Crippen MR) is 65.5 cm³/mol. The van der Waals surface area contributed by atoms with E-state index in [1.54, 1.807) is 0 Å². The second-order valence-corrected chi connectivity index (χ2v) is 5.18. The van der Waals surface area contributed by atoms with E-state index < -0.39 is 5.97 Å². The van der Waals surface area contributed by atoms with Crippen LogP contribution in [0.3, 0.4) is 0 Å². The summed E-state index contributed by atoms with van der Waals surface area (Å²) in [6.07, 6.45) is 6.18. The fourth-order valence-corrected chi connectivity index (χ4v) is 2.94. The average molecular weight is 227 g/mol. The Kier molecular flexibility index (Phi) is 5.26. The quantitative estimate of drug-likeness (QED) is 0.785. The number of carbonyl (C=O) groups is 1. The van der Waals surface area contributed by atoms with Crippen LogP contribution in [-0.4, -0.2) is 34.6 Å². The minimum Gasteiger partial charge on any atom is -0.480 e. The van der Waals surface area contributed by atoms with E-state index in [4.69, 9.17) is 5.11 Å². The lowest BCUT2D eigenvalue weighted by Crippen LogP contribution is -2.48. The van der Waals surface area contributed by atoms with Gasteiger partial charge < -0.3 is 5.11 Å². The lowest BCUT2D eigenvalue weighted by Gasteiger charge is -2.41. The number of nitrogens with zero attached hydrogens (tertiary/aromatic N) is 1. The molecule has 1 aliphatic rings. The lowest BCUT2D eigenvalue weighted by molar-refractivity contribution is -0.140. The molecule has 0 aliphatic heterocycles. The largest absolute Gasteiger partial charge is 0.480 e. The van der Waals surface area contributed by atoms with Crippen LogP contribution in [0.5, 0.6) is 0 Å². The molecule has 0 saturated heterocycles. The van der Waals surface area contributed by atoms with Crippen LogP contribution >= 0.6 is 0 Å². The van der Waals surface area contributed by atoms with Crippen molar-refractivity contribution < 1.29 is 9.90 Å². The van der Waals surface area contributed by atoms with Gasteiger partial charge in [0.2, 0.25) is 0 Å². The number of aliphatic carboxylic acids is 1. The van der Waals surface area contributed by atoms with Gasteiger partial charge in [-0.15, -0.1) is 0 Å². The first-order valence-corrected chi connectivity index (χ1v) is 6.53. The Morgan fingerprint density at radius 3 is 2.50 bits per heavy atom. The molecule has 0 spiro atoms. The third-order valence-corrected chi connectivity index (χ3v) is 3.80. The zero-order valence-corrected chi connectivity index (χ0v) is 10.8. The highest BCUT2D eigenvalue weighted by Gasteiger charge is 2.31. The standard InChI is InChI=1S/C13H25NO2/c1-4-11-7-5-6-8-12(11)14(10(2)3)9-13(15)16/h10-12H,4-9H2,1-3H3,(H,15,16). The molecule has 2 atom stereocenters. The van der Waals surface area contributed by atoms with Crippen molar-refractivity contribution in [3.8, 4) is 0 Å². The Morgan fingerprint density at radius 2 is 2.00 bits per heavy atom. The summed E-state index contributed by atoms with van der Waals surface area (Å²) in [5, 5.41) is 8.98. The van der Waals surface area contributed by atoms with Gasteiger partial charge in [0.15, 0.2) is 0 Å². The van der Waals surface area contributed by atoms with Gasteiger partial charge in [-0.2, -0.15) is 0 Å².